The van der Waals surface area contributed by atoms with Crippen molar-refractivity contribution < 1.29 is 50.5 Å². The number of amides is 1. The minimum absolute atomic E-state index is 0.0715. The van der Waals surface area contributed by atoms with Gasteiger partial charge in [0.25, 0.3) is 5.91 Å². The molecule has 2 aromatic heterocycles. The van der Waals surface area contributed by atoms with Gasteiger partial charge in [0.2, 0.25) is 5.43 Å². The summed E-state index contributed by atoms with van der Waals surface area (Å²) in [5, 5.41) is 21.2. The number of benzene rings is 1. The second kappa shape index (κ2) is 11.0. The molecule has 16 heteroatoms. The molecule has 0 aliphatic carbocycles. The fourth-order valence-electron chi connectivity index (χ4n) is 4.20. The van der Waals surface area contributed by atoms with E-state index in [1.807, 2.05) is 0 Å². The van der Waals surface area contributed by atoms with Crippen molar-refractivity contribution in [3.05, 3.63) is 63.5 Å². The van der Waals surface area contributed by atoms with Gasteiger partial charge in [-0.2, -0.15) is 0 Å². The molecule has 1 aliphatic heterocycles. The highest BCUT2D eigenvalue weighted by Crippen LogP contribution is 2.28. The van der Waals surface area contributed by atoms with Crippen molar-refractivity contribution in [3.8, 4) is 5.69 Å². The molecule has 1 aliphatic rings. The first-order valence-electron chi connectivity index (χ1n) is 11.7. The van der Waals surface area contributed by atoms with Crippen molar-refractivity contribution in [2.24, 2.45) is 0 Å². The van der Waals surface area contributed by atoms with Crippen LogP contribution in [-0.2, 0) is 4.74 Å². The number of hydrogen-bond donors (Lipinski definition) is 3. The van der Waals surface area contributed by atoms with Gasteiger partial charge < -0.3 is 20.4 Å². The number of carbonyl (C=O) groups is 1. The Kier molecular flexibility index (Phi) is 8.05. The molecule has 1 unspecified atom stereocenters. The topological polar surface area (TPSA) is 117 Å². The maximum Gasteiger partial charge on any atom is 0.522 e. The Hall–Kier alpha value is -3.76. The van der Waals surface area contributed by atoms with Gasteiger partial charge in [-0.25, -0.2) is 22.5 Å². The number of fused-ring (bicyclic) bond motifs is 1. The SMILES string of the molecule is CCC(COC(F)(F)F)NC(=O)c1cn(-c2c(F)cc(F)cc2F)c2nc(N3C[C@@H](O)[C@H](O)C3)c(F)cc2c1=O. The summed E-state index contributed by atoms with van der Waals surface area (Å²) in [7, 11) is 0. The molecule has 9 nitrogen and oxygen atoms in total. The average Bonchev–Trinajstić information content (AvgIpc) is 3.19. The molecule has 0 bridgehead atoms. The van der Waals surface area contributed by atoms with Crippen LogP contribution in [0.15, 0.2) is 29.2 Å². The maximum atomic E-state index is 15.1. The summed E-state index contributed by atoms with van der Waals surface area (Å²) in [6, 6.07) is -0.0154. The van der Waals surface area contributed by atoms with Crippen LogP contribution in [0.2, 0.25) is 0 Å². The van der Waals surface area contributed by atoms with E-state index in [-0.39, 0.29) is 19.5 Å². The van der Waals surface area contributed by atoms with Crippen molar-refractivity contribution >= 4 is 22.8 Å². The Balaban J connectivity index is 1.89. The fraction of sp³-hybridized carbons (Fsp3) is 0.375. The predicted octanol–water partition coefficient (Wildman–Crippen LogP) is 2.53. The number of alkyl halides is 3. The Morgan fingerprint density at radius 3 is 2.25 bits per heavy atom. The molecule has 3 atom stereocenters. The molecular weight excluding hydrogens is 557 g/mol. The van der Waals surface area contributed by atoms with Gasteiger partial charge >= 0.3 is 6.36 Å². The lowest BCUT2D eigenvalue weighted by molar-refractivity contribution is -0.326. The van der Waals surface area contributed by atoms with Gasteiger partial charge in [0.15, 0.2) is 28.9 Å². The summed E-state index contributed by atoms with van der Waals surface area (Å²) < 4.78 is 100. The third-order valence-corrected chi connectivity index (χ3v) is 6.21. The average molecular weight is 578 g/mol. The second-order valence-corrected chi connectivity index (χ2v) is 9.00. The second-order valence-electron chi connectivity index (χ2n) is 9.00. The van der Waals surface area contributed by atoms with E-state index in [1.54, 1.807) is 0 Å². The lowest BCUT2D eigenvalue weighted by Crippen LogP contribution is -2.41. The van der Waals surface area contributed by atoms with Crippen molar-refractivity contribution in [2.45, 2.75) is 38.0 Å². The monoisotopic (exact) mass is 578 g/mol. The van der Waals surface area contributed by atoms with E-state index >= 15 is 4.39 Å². The molecule has 1 fully saturated rings. The first kappa shape index (κ1) is 29.2. The number of ether oxygens (including phenoxy) is 1. The number of aliphatic hydroxyl groups is 2. The van der Waals surface area contributed by atoms with Crippen molar-refractivity contribution in [1.82, 2.24) is 14.9 Å². The summed E-state index contributed by atoms with van der Waals surface area (Å²) in [5.41, 5.74) is -3.61. The van der Waals surface area contributed by atoms with Gasteiger partial charge in [-0.15, -0.1) is 13.2 Å². The number of nitrogens with zero attached hydrogens (tertiary/aromatic N) is 3. The lowest BCUT2D eigenvalue weighted by atomic mass is 10.1. The molecular formula is C24H21F7N4O5. The van der Waals surface area contributed by atoms with E-state index in [0.717, 1.165) is 4.90 Å². The third-order valence-electron chi connectivity index (χ3n) is 6.21. The third kappa shape index (κ3) is 5.88. The van der Waals surface area contributed by atoms with Crippen LogP contribution in [0.5, 0.6) is 0 Å². The molecule has 3 heterocycles. The Morgan fingerprint density at radius 2 is 1.70 bits per heavy atom. The molecule has 40 heavy (non-hydrogen) atoms. The maximum absolute atomic E-state index is 15.1. The van der Waals surface area contributed by atoms with Gasteiger partial charge in [-0.05, 0) is 12.5 Å². The van der Waals surface area contributed by atoms with Crippen LogP contribution >= 0.6 is 0 Å². The van der Waals surface area contributed by atoms with Crippen LogP contribution in [0, 0.1) is 23.3 Å². The molecule has 0 spiro atoms. The molecule has 1 amide bonds. The first-order valence-corrected chi connectivity index (χ1v) is 11.7. The number of halogens is 7. The molecule has 216 valence electrons. The molecule has 1 saturated heterocycles. The highest BCUT2D eigenvalue weighted by molar-refractivity contribution is 5.97. The number of hydrogen-bond acceptors (Lipinski definition) is 7. The van der Waals surface area contributed by atoms with Crippen LogP contribution in [0.1, 0.15) is 23.7 Å². The van der Waals surface area contributed by atoms with E-state index in [9.17, 15) is 46.1 Å². The minimum Gasteiger partial charge on any atom is -0.389 e. The summed E-state index contributed by atoms with van der Waals surface area (Å²) in [6.07, 6.45) is -6.99. The van der Waals surface area contributed by atoms with Crippen LogP contribution in [0.25, 0.3) is 16.7 Å². The van der Waals surface area contributed by atoms with Crippen molar-refractivity contribution in [1.29, 1.82) is 0 Å². The zero-order valence-corrected chi connectivity index (χ0v) is 20.5. The van der Waals surface area contributed by atoms with Crippen LogP contribution < -0.4 is 15.6 Å². The normalized spacial score (nSPS) is 18.4. The van der Waals surface area contributed by atoms with E-state index in [1.165, 1.54) is 6.92 Å². The highest BCUT2D eigenvalue weighted by atomic mass is 19.4. The Morgan fingerprint density at radius 1 is 1.10 bits per heavy atom. The zero-order chi connectivity index (χ0) is 29.5. The number of rotatable bonds is 7. The van der Waals surface area contributed by atoms with Crippen LogP contribution in [-0.4, -0.2) is 70.0 Å². The molecule has 0 saturated carbocycles. The summed E-state index contributed by atoms with van der Waals surface area (Å²) >= 11 is 0. The fourth-order valence-corrected chi connectivity index (χ4v) is 4.20. The van der Waals surface area contributed by atoms with Gasteiger partial charge in [0.05, 0.1) is 30.2 Å². The molecule has 3 aromatic rings. The zero-order valence-electron chi connectivity index (χ0n) is 20.5. The molecule has 3 N–H and O–H groups in total. The summed E-state index contributed by atoms with van der Waals surface area (Å²) in [6.45, 7) is -0.153. The van der Waals surface area contributed by atoms with Crippen molar-refractivity contribution in [2.75, 3.05) is 24.6 Å². The van der Waals surface area contributed by atoms with E-state index in [2.05, 4.69) is 15.0 Å². The number of anilines is 1. The van der Waals surface area contributed by atoms with E-state index in [4.69, 9.17) is 0 Å². The van der Waals surface area contributed by atoms with Gasteiger partial charge in [0, 0.05) is 31.4 Å². The standard InChI is InChI=1S/C24H21F7N4O5/c1-2-11(9-40-24(29,30)31)32-23(39)13-6-35(19-14(26)3-10(25)4-15(19)27)21-12(20(13)38)5-16(28)22(33-21)34-7-17(36)18(37)8-34/h3-6,11,17-18,36-37H,2,7-9H2,1H3,(H,32,39)/t11?,17-,18-/m1/s1. The minimum atomic E-state index is -5.01. The van der Waals surface area contributed by atoms with E-state index in [0.29, 0.717) is 29.0 Å². The van der Waals surface area contributed by atoms with Gasteiger partial charge in [0.1, 0.15) is 17.1 Å². The van der Waals surface area contributed by atoms with Gasteiger partial charge in [-0.3, -0.25) is 18.9 Å². The van der Waals surface area contributed by atoms with Crippen LogP contribution in [0.4, 0.5) is 36.6 Å². The van der Waals surface area contributed by atoms with Crippen LogP contribution in [0.3, 0.4) is 0 Å². The molecule has 4 rings (SSSR count). The van der Waals surface area contributed by atoms with Crippen molar-refractivity contribution in [3.63, 3.8) is 0 Å². The number of β-amino-alcohol motifs (C(OH)–C–C–N with tert-alkyl or cyclic N) is 2. The number of nitrogens with one attached hydrogen (secondary N) is 1. The first-order chi connectivity index (χ1) is 18.7. The molecule has 1 aromatic carbocycles. The van der Waals surface area contributed by atoms with E-state index < -0.39 is 93.9 Å². The van der Waals surface area contributed by atoms with Gasteiger partial charge in [-0.1, -0.05) is 6.92 Å². The predicted molar refractivity (Wildman–Crippen MR) is 125 cm³/mol. The number of pyridine rings is 2. The Bertz CT molecular complexity index is 1480. The smallest absolute Gasteiger partial charge is 0.389 e. The highest BCUT2D eigenvalue weighted by Gasteiger charge is 2.33. The summed E-state index contributed by atoms with van der Waals surface area (Å²) in [4.78, 5) is 31.3. The number of aromatic nitrogens is 2. The summed E-state index contributed by atoms with van der Waals surface area (Å²) in [5.74, 6) is -7.20. The number of carbonyl (C=O) groups excluding carboxylic acids is 1. The Labute approximate surface area is 220 Å². The lowest BCUT2D eigenvalue weighted by Gasteiger charge is -2.21. The number of aliphatic hydroxyl groups excluding tert-OH is 2. The molecule has 0 radical (unpaired) electrons. The largest absolute Gasteiger partial charge is 0.522 e. The quantitative estimate of drug-likeness (QED) is 0.369.